The molecule has 0 spiro atoms. The summed E-state index contributed by atoms with van der Waals surface area (Å²) in [5.41, 5.74) is -1.97. The lowest BCUT2D eigenvalue weighted by molar-refractivity contribution is -0.138. The van der Waals surface area contributed by atoms with Crippen LogP contribution in [0.5, 0.6) is 0 Å². The lowest BCUT2D eigenvalue weighted by Crippen LogP contribution is -2.34. The van der Waals surface area contributed by atoms with Crippen molar-refractivity contribution in [1.82, 2.24) is 4.90 Å². The Balaban J connectivity index is 3.24. The molecule has 23 heavy (non-hydrogen) atoms. The van der Waals surface area contributed by atoms with Crippen LogP contribution in [0.25, 0.3) is 0 Å². The predicted octanol–water partition coefficient (Wildman–Crippen LogP) is 2.60. The molecule has 1 amide bonds. The highest BCUT2D eigenvalue weighted by molar-refractivity contribution is 5.97. The Kier molecular flexibility index (Phi) is 6.56. The number of hydrogen-bond acceptors (Lipinski definition) is 4. The first kappa shape index (κ1) is 19.0. The third kappa shape index (κ3) is 4.69. The van der Waals surface area contributed by atoms with Gasteiger partial charge < -0.3 is 14.4 Å². The molecule has 8 heteroatoms. The fourth-order valence-corrected chi connectivity index (χ4v) is 1.99. The molecule has 0 heterocycles. The van der Waals surface area contributed by atoms with Gasteiger partial charge in [-0.05, 0) is 25.1 Å². The Bertz CT molecular complexity index is 572. The number of alkyl halides is 3. The SMILES string of the molecule is CCN(CCOC)C(=O)c1ccc(C(=O)OC)c(C(F)(F)F)c1. The zero-order valence-corrected chi connectivity index (χ0v) is 13.1. The Morgan fingerprint density at radius 1 is 1.22 bits per heavy atom. The van der Waals surface area contributed by atoms with Gasteiger partial charge in [0, 0.05) is 25.8 Å². The van der Waals surface area contributed by atoms with Crippen molar-refractivity contribution >= 4 is 11.9 Å². The monoisotopic (exact) mass is 333 g/mol. The number of halogens is 3. The molecule has 0 unspecified atom stereocenters. The van der Waals surface area contributed by atoms with Crippen molar-refractivity contribution in [1.29, 1.82) is 0 Å². The quantitative estimate of drug-likeness (QED) is 0.751. The molecular formula is C15H18F3NO4. The van der Waals surface area contributed by atoms with Crippen molar-refractivity contribution in [3.05, 3.63) is 34.9 Å². The number of esters is 1. The Morgan fingerprint density at radius 3 is 2.35 bits per heavy atom. The van der Waals surface area contributed by atoms with Crippen LogP contribution in [0.1, 0.15) is 33.2 Å². The Labute approximate surface area is 132 Å². The second kappa shape index (κ2) is 7.96. The van der Waals surface area contributed by atoms with Crippen LogP contribution in [0.15, 0.2) is 18.2 Å². The minimum atomic E-state index is -4.77. The minimum Gasteiger partial charge on any atom is -0.465 e. The molecule has 0 aromatic heterocycles. The summed E-state index contributed by atoms with van der Waals surface area (Å²) < 4.78 is 48.6. The van der Waals surface area contributed by atoms with Gasteiger partial charge in [0.05, 0.1) is 24.8 Å². The highest BCUT2D eigenvalue weighted by atomic mass is 19.4. The van der Waals surface area contributed by atoms with Crippen LogP contribution in [-0.2, 0) is 15.7 Å². The molecule has 0 radical (unpaired) electrons. The molecule has 0 aliphatic rings. The van der Waals surface area contributed by atoms with E-state index in [9.17, 15) is 22.8 Å². The number of ether oxygens (including phenoxy) is 2. The van der Waals surface area contributed by atoms with E-state index in [0.717, 1.165) is 13.2 Å². The van der Waals surface area contributed by atoms with Gasteiger partial charge in [-0.1, -0.05) is 0 Å². The van der Waals surface area contributed by atoms with E-state index < -0.39 is 29.2 Å². The van der Waals surface area contributed by atoms with Gasteiger partial charge in [0.15, 0.2) is 0 Å². The normalized spacial score (nSPS) is 11.2. The van der Waals surface area contributed by atoms with Gasteiger partial charge in [0.25, 0.3) is 5.91 Å². The zero-order valence-electron chi connectivity index (χ0n) is 13.1. The summed E-state index contributed by atoms with van der Waals surface area (Å²) in [7, 11) is 2.45. The van der Waals surface area contributed by atoms with Crippen LogP contribution >= 0.6 is 0 Å². The molecule has 0 aliphatic carbocycles. The molecule has 1 aromatic rings. The summed E-state index contributed by atoms with van der Waals surface area (Å²) in [6, 6.07) is 2.80. The van der Waals surface area contributed by atoms with Gasteiger partial charge in [0.2, 0.25) is 0 Å². The van der Waals surface area contributed by atoms with Crippen LogP contribution in [-0.4, -0.2) is 50.7 Å². The molecular weight excluding hydrogens is 315 g/mol. The number of nitrogens with zero attached hydrogens (tertiary/aromatic N) is 1. The summed E-state index contributed by atoms with van der Waals surface area (Å²) in [6.07, 6.45) is -4.77. The maximum absolute atomic E-state index is 13.1. The Hall–Kier alpha value is -2.09. The first-order chi connectivity index (χ1) is 10.8. The van der Waals surface area contributed by atoms with Gasteiger partial charge >= 0.3 is 12.1 Å². The van der Waals surface area contributed by atoms with Crippen LogP contribution in [0.2, 0.25) is 0 Å². The lowest BCUT2D eigenvalue weighted by atomic mass is 10.0. The van der Waals surface area contributed by atoms with E-state index in [1.54, 1.807) is 6.92 Å². The molecule has 0 saturated heterocycles. The summed E-state index contributed by atoms with van der Waals surface area (Å²) in [6.45, 7) is 2.56. The van der Waals surface area contributed by atoms with Gasteiger partial charge in [-0.15, -0.1) is 0 Å². The van der Waals surface area contributed by atoms with Crippen molar-refractivity contribution in [2.75, 3.05) is 33.9 Å². The summed E-state index contributed by atoms with van der Waals surface area (Å²) in [4.78, 5) is 25.1. The van der Waals surface area contributed by atoms with E-state index in [4.69, 9.17) is 4.74 Å². The fraction of sp³-hybridized carbons (Fsp3) is 0.467. The van der Waals surface area contributed by atoms with E-state index in [0.29, 0.717) is 12.6 Å². The third-order valence-corrected chi connectivity index (χ3v) is 3.21. The van der Waals surface area contributed by atoms with Crippen LogP contribution < -0.4 is 0 Å². The number of hydrogen-bond donors (Lipinski definition) is 0. The third-order valence-electron chi connectivity index (χ3n) is 3.21. The van der Waals surface area contributed by atoms with Gasteiger partial charge in [-0.3, -0.25) is 4.79 Å². The number of amides is 1. The number of likely N-dealkylation sites (N-methyl/N-ethyl adjacent to an activating group) is 1. The van der Waals surface area contributed by atoms with Crippen LogP contribution in [0.4, 0.5) is 13.2 Å². The van der Waals surface area contributed by atoms with Gasteiger partial charge in [-0.2, -0.15) is 13.2 Å². The van der Waals surface area contributed by atoms with Crippen molar-refractivity contribution < 1.29 is 32.2 Å². The topological polar surface area (TPSA) is 55.8 Å². The van der Waals surface area contributed by atoms with E-state index in [1.807, 2.05) is 0 Å². The molecule has 128 valence electrons. The zero-order chi connectivity index (χ0) is 17.6. The second-order valence-corrected chi connectivity index (χ2v) is 4.63. The maximum Gasteiger partial charge on any atom is 0.417 e. The van der Waals surface area contributed by atoms with Gasteiger partial charge in [-0.25, -0.2) is 4.79 Å². The van der Waals surface area contributed by atoms with E-state index in [-0.39, 0.29) is 18.7 Å². The number of methoxy groups -OCH3 is 2. The Morgan fingerprint density at radius 2 is 1.87 bits per heavy atom. The molecule has 0 bridgehead atoms. The molecule has 0 aliphatic heterocycles. The smallest absolute Gasteiger partial charge is 0.417 e. The summed E-state index contributed by atoms with van der Waals surface area (Å²) >= 11 is 0. The summed E-state index contributed by atoms with van der Waals surface area (Å²) in [5.74, 6) is -1.67. The highest BCUT2D eigenvalue weighted by Gasteiger charge is 2.36. The van der Waals surface area contributed by atoms with Gasteiger partial charge in [0.1, 0.15) is 0 Å². The maximum atomic E-state index is 13.1. The van der Waals surface area contributed by atoms with E-state index in [1.165, 1.54) is 18.1 Å². The molecule has 0 fully saturated rings. The largest absolute Gasteiger partial charge is 0.465 e. The number of carbonyl (C=O) groups excluding carboxylic acids is 2. The molecule has 1 rings (SSSR count). The molecule has 0 saturated carbocycles. The second-order valence-electron chi connectivity index (χ2n) is 4.63. The average molecular weight is 333 g/mol. The van der Waals surface area contributed by atoms with Crippen LogP contribution in [0.3, 0.4) is 0 Å². The summed E-state index contributed by atoms with van der Waals surface area (Å²) in [5, 5.41) is 0. The molecule has 0 atom stereocenters. The number of rotatable bonds is 6. The van der Waals surface area contributed by atoms with E-state index >= 15 is 0 Å². The van der Waals surface area contributed by atoms with Crippen molar-refractivity contribution in [3.8, 4) is 0 Å². The molecule has 0 N–H and O–H groups in total. The molecule has 1 aromatic carbocycles. The van der Waals surface area contributed by atoms with E-state index in [2.05, 4.69) is 4.74 Å². The minimum absolute atomic E-state index is 0.150. The van der Waals surface area contributed by atoms with Crippen molar-refractivity contribution in [3.63, 3.8) is 0 Å². The standard InChI is InChI=1S/C15H18F3NO4/c1-4-19(7-8-22-2)13(20)10-5-6-11(14(21)23-3)12(9-10)15(16,17)18/h5-6,9H,4,7-8H2,1-3H3. The molecule has 5 nitrogen and oxygen atoms in total. The van der Waals surface area contributed by atoms with Crippen molar-refractivity contribution in [2.24, 2.45) is 0 Å². The predicted molar refractivity (Wildman–Crippen MR) is 76.2 cm³/mol. The lowest BCUT2D eigenvalue weighted by Gasteiger charge is -2.21. The highest BCUT2D eigenvalue weighted by Crippen LogP contribution is 2.33. The number of carbonyl (C=O) groups is 2. The number of benzene rings is 1. The van der Waals surface area contributed by atoms with Crippen LogP contribution in [0, 0.1) is 0 Å². The first-order valence-corrected chi connectivity index (χ1v) is 6.84. The first-order valence-electron chi connectivity index (χ1n) is 6.84. The average Bonchev–Trinajstić information content (AvgIpc) is 2.53. The van der Waals surface area contributed by atoms with Crippen molar-refractivity contribution in [2.45, 2.75) is 13.1 Å². The fourth-order valence-electron chi connectivity index (χ4n) is 1.99.